The molecule has 0 spiro atoms. The number of carboxylic acid groups (broad SMARTS) is 1. The molecule has 0 amide bonds. The molecular formula is C24H24O5. The molecule has 0 aliphatic carbocycles. The van der Waals surface area contributed by atoms with Crippen molar-refractivity contribution in [1.82, 2.24) is 0 Å². The summed E-state index contributed by atoms with van der Waals surface area (Å²) in [6, 6.07) is 24.2. The van der Waals surface area contributed by atoms with Crippen LogP contribution < -0.4 is 14.2 Å². The van der Waals surface area contributed by atoms with E-state index in [1.807, 2.05) is 78.9 Å². The van der Waals surface area contributed by atoms with E-state index in [1.54, 1.807) is 7.11 Å². The van der Waals surface area contributed by atoms with Crippen LogP contribution in [0.2, 0.25) is 0 Å². The van der Waals surface area contributed by atoms with E-state index >= 15 is 0 Å². The molecule has 1 N–H and O–H groups in total. The van der Waals surface area contributed by atoms with Gasteiger partial charge in [0, 0.05) is 6.07 Å². The standard InChI is InChI=1S/C24H24O5/c1-27-20-10-6-12-22(17-20)29-14-13-28-21-11-5-7-18(15-21)16-23(24(25)26)19-8-3-2-4-9-19/h2-12,15,17,23H,13-14,16H2,1H3,(H,25,26). The normalized spacial score (nSPS) is 11.5. The van der Waals surface area contributed by atoms with Gasteiger partial charge >= 0.3 is 5.97 Å². The molecule has 0 bridgehead atoms. The number of benzene rings is 3. The topological polar surface area (TPSA) is 65.0 Å². The molecule has 0 heterocycles. The van der Waals surface area contributed by atoms with Crippen molar-refractivity contribution in [1.29, 1.82) is 0 Å². The van der Waals surface area contributed by atoms with Crippen molar-refractivity contribution >= 4 is 5.97 Å². The van der Waals surface area contributed by atoms with Crippen LogP contribution in [0.3, 0.4) is 0 Å². The number of rotatable bonds is 10. The summed E-state index contributed by atoms with van der Waals surface area (Å²) in [4.78, 5) is 11.7. The minimum atomic E-state index is -0.839. The van der Waals surface area contributed by atoms with Crippen LogP contribution in [-0.4, -0.2) is 31.4 Å². The number of aliphatic carboxylic acids is 1. The first-order valence-corrected chi connectivity index (χ1v) is 9.42. The van der Waals surface area contributed by atoms with E-state index in [0.717, 1.165) is 16.9 Å². The van der Waals surface area contributed by atoms with Gasteiger partial charge in [0.25, 0.3) is 0 Å². The van der Waals surface area contributed by atoms with Crippen molar-refractivity contribution < 1.29 is 24.1 Å². The molecule has 1 atom stereocenters. The monoisotopic (exact) mass is 392 g/mol. The molecule has 1 unspecified atom stereocenters. The summed E-state index contributed by atoms with van der Waals surface area (Å²) in [7, 11) is 1.61. The first-order valence-electron chi connectivity index (χ1n) is 9.42. The Kier molecular flexibility index (Phi) is 7.11. The van der Waals surface area contributed by atoms with Gasteiger partial charge in [-0.3, -0.25) is 4.79 Å². The van der Waals surface area contributed by atoms with Crippen LogP contribution in [0, 0.1) is 0 Å². The van der Waals surface area contributed by atoms with Gasteiger partial charge in [-0.15, -0.1) is 0 Å². The second-order valence-electron chi connectivity index (χ2n) is 6.53. The number of carbonyl (C=O) groups is 1. The molecule has 3 aromatic carbocycles. The van der Waals surface area contributed by atoms with Gasteiger partial charge in [0.05, 0.1) is 13.0 Å². The molecule has 3 aromatic rings. The molecule has 5 heteroatoms. The highest BCUT2D eigenvalue weighted by Gasteiger charge is 2.20. The molecule has 0 aliphatic rings. The van der Waals surface area contributed by atoms with Gasteiger partial charge in [-0.1, -0.05) is 48.5 Å². The summed E-state index contributed by atoms with van der Waals surface area (Å²) in [6.45, 7) is 0.765. The molecule has 0 aliphatic heterocycles. The lowest BCUT2D eigenvalue weighted by molar-refractivity contribution is -0.138. The van der Waals surface area contributed by atoms with Gasteiger partial charge in [0.1, 0.15) is 30.5 Å². The van der Waals surface area contributed by atoms with E-state index in [1.165, 1.54) is 0 Å². The Morgan fingerprint density at radius 2 is 1.45 bits per heavy atom. The minimum Gasteiger partial charge on any atom is -0.497 e. The molecule has 0 saturated carbocycles. The van der Waals surface area contributed by atoms with Crippen LogP contribution in [0.4, 0.5) is 0 Å². The lowest BCUT2D eigenvalue weighted by Crippen LogP contribution is -2.14. The Balaban J connectivity index is 1.55. The lowest BCUT2D eigenvalue weighted by atomic mass is 9.92. The maximum Gasteiger partial charge on any atom is 0.311 e. The van der Waals surface area contributed by atoms with Gasteiger partial charge in [-0.05, 0) is 41.8 Å². The molecule has 0 fully saturated rings. The van der Waals surface area contributed by atoms with Crippen LogP contribution in [0.15, 0.2) is 78.9 Å². The fraction of sp³-hybridized carbons (Fsp3) is 0.208. The molecule has 150 valence electrons. The third kappa shape index (κ3) is 6.01. The number of carboxylic acids is 1. The predicted molar refractivity (Wildman–Crippen MR) is 111 cm³/mol. The Hall–Kier alpha value is -3.47. The molecular weight excluding hydrogens is 368 g/mol. The number of hydrogen-bond acceptors (Lipinski definition) is 4. The molecule has 29 heavy (non-hydrogen) atoms. The fourth-order valence-electron chi connectivity index (χ4n) is 3.04. The van der Waals surface area contributed by atoms with Crippen molar-refractivity contribution in [3.05, 3.63) is 90.0 Å². The molecule has 0 aromatic heterocycles. The first-order chi connectivity index (χ1) is 14.2. The first kappa shape index (κ1) is 20.3. The quantitative estimate of drug-likeness (QED) is 0.512. The number of hydrogen-bond donors (Lipinski definition) is 1. The minimum absolute atomic E-state index is 0.377. The second kappa shape index (κ2) is 10.2. The largest absolute Gasteiger partial charge is 0.497 e. The van der Waals surface area contributed by atoms with E-state index in [-0.39, 0.29) is 0 Å². The average molecular weight is 392 g/mol. The van der Waals surface area contributed by atoms with Gasteiger partial charge < -0.3 is 19.3 Å². The zero-order valence-electron chi connectivity index (χ0n) is 16.3. The summed E-state index contributed by atoms with van der Waals surface area (Å²) in [6.07, 6.45) is 0.400. The van der Waals surface area contributed by atoms with Crippen LogP contribution in [0.25, 0.3) is 0 Å². The third-order valence-electron chi connectivity index (χ3n) is 4.50. The van der Waals surface area contributed by atoms with Gasteiger partial charge in [-0.2, -0.15) is 0 Å². The Morgan fingerprint density at radius 3 is 2.10 bits per heavy atom. The number of methoxy groups -OCH3 is 1. The summed E-state index contributed by atoms with van der Waals surface area (Å²) in [5.41, 5.74) is 1.70. The molecule has 0 saturated heterocycles. The fourth-order valence-corrected chi connectivity index (χ4v) is 3.04. The van der Waals surface area contributed by atoms with Crippen LogP contribution >= 0.6 is 0 Å². The van der Waals surface area contributed by atoms with Crippen LogP contribution in [-0.2, 0) is 11.2 Å². The number of ether oxygens (including phenoxy) is 3. The Morgan fingerprint density at radius 1 is 0.828 bits per heavy atom. The van der Waals surface area contributed by atoms with Gasteiger partial charge in [0.2, 0.25) is 0 Å². The maximum absolute atomic E-state index is 11.7. The average Bonchev–Trinajstić information content (AvgIpc) is 2.76. The van der Waals surface area contributed by atoms with E-state index in [4.69, 9.17) is 14.2 Å². The van der Waals surface area contributed by atoms with Gasteiger partial charge in [0.15, 0.2) is 0 Å². The molecule has 3 rings (SSSR count). The zero-order valence-corrected chi connectivity index (χ0v) is 16.3. The summed E-state index contributed by atoms with van der Waals surface area (Å²) < 4.78 is 16.6. The highest BCUT2D eigenvalue weighted by atomic mass is 16.5. The van der Waals surface area contributed by atoms with E-state index in [0.29, 0.717) is 31.1 Å². The van der Waals surface area contributed by atoms with E-state index < -0.39 is 11.9 Å². The molecule has 5 nitrogen and oxygen atoms in total. The maximum atomic E-state index is 11.7. The SMILES string of the molecule is COc1cccc(OCCOc2cccc(CC(C(=O)O)c3ccccc3)c2)c1. The van der Waals surface area contributed by atoms with Crippen molar-refractivity contribution in [3.63, 3.8) is 0 Å². The summed E-state index contributed by atoms with van der Waals surface area (Å²) in [5.74, 6) is 0.711. The highest BCUT2D eigenvalue weighted by molar-refractivity contribution is 5.76. The van der Waals surface area contributed by atoms with Crippen molar-refractivity contribution in [2.24, 2.45) is 0 Å². The Labute approximate surface area is 170 Å². The predicted octanol–water partition coefficient (Wildman–Crippen LogP) is 4.56. The lowest BCUT2D eigenvalue weighted by Gasteiger charge is -2.14. The zero-order chi connectivity index (χ0) is 20.5. The third-order valence-corrected chi connectivity index (χ3v) is 4.50. The Bertz CT molecular complexity index is 923. The van der Waals surface area contributed by atoms with Crippen LogP contribution in [0.1, 0.15) is 17.0 Å². The van der Waals surface area contributed by atoms with E-state index in [2.05, 4.69) is 0 Å². The van der Waals surface area contributed by atoms with Crippen LogP contribution in [0.5, 0.6) is 17.2 Å². The van der Waals surface area contributed by atoms with Crippen molar-refractivity contribution in [2.45, 2.75) is 12.3 Å². The smallest absolute Gasteiger partial charge is 0.311 e. The van der Waals surface area contributed by atoms with E-state index in [9.17, 15) is 9.90 Å². The highest BCUT2D eigenvalue weighted by Crippen LogP contribution is 2.24. The van der Waals surface area contributed by atoms with Crippen molar-refractivity contribution in [3.8, 4) is 17.2 Å². The summed E-state index contributed by atoms with van der Waals surface area (Å²) >= 11 is 0. The van der Waals surface area contributed by atoms with Crippen molar-refractivity contribution in [2.75, 3.05) is 20.3 Å². The molecule has 0 radical (unpaired) electrons. The summed E-state index contributed by atoms with van der Waals surface area (Å²) in [5, 5.41) is 9.62. The second-order valence-corrected chi connectivity index (χ2v) is 6.53. The van der Waals surface area contributed by atoms with Gasteiger partial charge in [-0.25, -0.2) is 0 Å².